The fourth-order valence-corrected chi connectivity index (χ4v) is 1.22. The van der Waals surface area contributed by atoms with Crippen molar-refractivity contribution in [3.8, 4) is 5.75 Å². The molecule has 0 fully saturated rings. The monoisotopic (exact) mass is 196 g/mol. The summed E-state index contributed by atoms with van der Waals surface area (Å²) in [6.07, 6.45) is 3.94. The topological polar surface area (TPSA) is 9.23 Å². The molecule has 0 saturated heterocycles. The normalized spacial score (nSPS) is 10.7. The summed E-state index contributed by atoms with van der Waals surface area (Å²) < 4.78 is 5.10. The number of methoxy groups -OCH3 is 1. The van der Waals surface area contributed by atoms with Crippen LogP contribution in [-0.4, -0.2) is 13.0 Å². The molecule has 0 aliphatic heterocycles. The molecule has 0 atom stereocenters. The predicted octanol–water partition coefficient (Wildman–Crippen LogP) is 3.26. The molecule has 13 heavy (non-hydrogen) atoms. The molecule has 0 saturated carbocycles. The quantitative estimate of drug-likeness (QED) is 0.675. The van der Waals surface area contributed by atoms with Crippen LogP contribution in [0.1, 0.15) is 11.1 Å². The molecule has 1 aromatic rings. The highest BCUT2D eigenvalue weighted by Crippen LogP contribution is 2.17. The van der Waals surface area contributed by atoms with Gasteiger partial charge >= 0.3 is 0 Å². The average Bonchev–Trinajstić information content (AvgIpc) is 2.16. The fraction of sp³-hybridized carbons (Fsp3) is 0.273. The highest BCUT2D eigenvalue weighted by Gasteiger charge is 1.95. The molecule has 2 heteroatoms. The van der Waals surface area contributed by atoms with Crippen LogP contribution in [0.4, 0.5) is 0 Å². The molecular formula is C11H13ClO. The second-order valence-corrected chi connectivity index (χ2v) is 3.09. The van der Waals surface area contributed by atoms with Gasteiger partial charge in [-0.1, -0.05) is 18.2 Å². The summed E-state index contributed by atoms with van der Waals surface area (Å²) in [4.78, 5) is 0. The van der Waals surface area contributed by atoms with Gasteiger partial charge in [0.05, 0.1) is 7.11 Å². The summed E-state index contributed by atoms with van der Waals surface area (Å²) in [7, 11) is 1.67. The van der Waals surface area contributed by atoms with Crippen LogP contribution in [0, 0.1) is 6.92 Å². The molecule has 0 N–H and O–H groups in total. The fourth-order valence-electron chi connectivity index (χ4n) is 1.13. The number of hydrogen-bond donors (Lipinski definition) is 0. The van der Waals surface area contributed by atoms with Gasteiger partial charge in [-0.05, 0) is 30.2 Å². The van der Waals surface area contributed by atoms with Gasteiger partial charge in [0.25, 0.3) is 0 Å². The van der Waals surface area contributed by atoms with Crippen molar-refractivity contribution < 1.29 is 4.74 Å². The van der Waals surface area contributed by atoms with Gasteiger partial charge < -0.3 is 4.74 Å². The third kappa shape index (κ3) is 2.78. The number of allylic oxidation sites excluding steroid dienone is 1. The van der Waals surface area contributed by atoms with E-state index < -0.39 is 0 Å². The number of aryl methyl sites for hydroxylation is 1. The Labute approximate surface area is 84.0 Å². The Bertz CT molecular complexity index is 305. The summed E-state index contributed by atoms with van der Waals surface area (Å²) in [5.74, 6) is 1.44. The molecule has 0 aliphatic rings. The van der Waals surface area contributed by atoms with Crippen molar-refractivity contribution in [1.82, 2.24) is 0 Å². The highest BCUT2D eigenvalue weighted by molar-refractivity contribution is 6.19. The first-order valence-electron chi connectivity index (χ1n) is 4.15. The number of rotatable bonds is 3. The van der Waals surface area contributed by atoms with E-state index in [1.807, 2.05) is 30.4 Å². The Morgan fingerprint density at radius 1 is 1.46 bits per heavy atom. The molecule has 0 bridgehead atoms. The summed E-state index contributed by atoms with van der Waals surface area (Å²) in [5.41, 5.74) is 2.38. The van der Waals surface area contributed by atoms with Gasteiger partial charge in [-0.2, -0.15) is 0 Å². The molecule has 70 valence electrons. The SMILES string of the molecule is COc1ccc(C=CCCl)c(C)c1. The van der Waals surface area contributed by atoms with Crippen LogP contribution in [-0.2, 0) is 0 Å². The lowest BCUT2D eigenvalue weighted by atomic mass is 10.1. The molecule has 0 aromatic heterocycles. The molecule has 0 amide bonds. The van der Waals surface area contributed by atoms with Crippen molar-refractivity contribution in [3.05, 3.63) is 35.4 Å². The van der Waals surface area contributed by atoms with Gasteiger partial charge in [0.15, 0.2) is 0 Å². The van der Waals surface area contributed by atoms with Crippen molar-refractivity contribution in [1.29, 1.82) is 0 Å². The Morgan fingerprint density at radius 3 is 2.77 bits per heavy atom. The number of benzene rings is 1. The first-order valence-corrected chi connectivity index (χ1v) is 4.68. The van der Waals surface area contributed by atoms with E-state index in [0.717, 1.165) is 5.75 Å². The van der Waals surface area contributed by atoms with E-state index in [4.69, 9.17) is 16.3 Å². The average molecular weight is 197 g/mol. The number of alkyl halides is 1. The van der Waals surface area contributed by atoms with E-state index in [2.05, 4.69) is 6.92 Å². The van der Waals surface area contributed by atoms with E-state index in [-0.39, 0.29) is 0 Å². The zero-order valence-corrected chi connectivity index (χ0v) is 8.64. The molecule has 0 heterocycles. The predicted molar refractivity (Wildman–Crippen MR) is 57.5 cm³/mol. The molecule has 1 aromatic carbocycles. The summed E-state index contributed by atoms with van der Waals surface area (Å²) >= 11 is 5.55. The van der Waals surface area contributed by atoms with E-state index in [9.17, 15) is 0 Å². The molecule has 0 aliphatic carbocycles. The van der Waals surface area contributed by atoms with Crippen molar-refractivity contribution in [2.75, 3.05) is 13.0 Å². The van der Waals surface area contributed by atoms with E-state index in [1.165, 1.54) is 11.1 Å². The van der Waals surface area contributed by atoms with Crippen LogP contribution in [0.2, 0.25) is 0 Å². The van der Waals surface area contributed by atoms with Gasteiger partial charge in [-0.15, -0.1) is 11.6 Å². The largest absolute Gasteiger partial charge is 0.497 e. The zero-order valence-electron chi connectivity index (χ0n) is 7.88. The maximum absolute atomic E-state index is 5.55. The van der Waals surface area contributed by atoms with Crippen LogP contribution >= 0.6 is 11.6 Å². The Hall–Kier alpha value is -0.950. The van der Waals surface area contributed by atoms with Gasteiger partial charge in [-0.3, -0.25) is 0 Å². The molecule has 1 nitrogen and oxygen atoms in total. The minimum absolute atomic E-state index is 0.547. The zero-order chi connectivity index (χ0) is 9.68. The Kier molecular flexibility index (Phi) is 3.84. The first-order chi connectivity index (χ1) is 6.27. The summed E-state index contributed by atoms with van der Waals surface area (Å²) in [5, 5.41) is 0. The van der Waals surface area contributed by atoms with Gasteiger partial charge in [0, 0.05) is 5.88 Å². The van der Waals surface area contributed by atoms with E-state index >= 15 is 0 Å². The molecular weight excluding hydrogens is 184 g/mol. The van der Waals surface area contributed by atoms with Gasteiger partial charge in [0.2, 0.25) is 0 Å². The lowest BCUT2D eigenvalue weighted by Crippen LogP contribution is -1.85. The third-order valence-electron chi connectivity index (χ3n) is 1.86. The smallest absolute Gasteiger partial charge is 0.119 e. The number of hydrogen-bond acceptors (Lipinski definition) is 1. The Balaban J connectivity index is 2.91. The Morgan fingerprint density at radius 2 is 2.23 bits per heavy atom. The number of halogens is 1. The number of ether oxygens (including phenoxy) is 1. The molecule has 0 spiro atoms. The summed E-state index contributed by atoms with van der Waals surface area (Å²) in [6, 6.07) is 5.98. The second-order valence-electron chi connectivity index (χ2n) is 2.78. The molecule has 1 rings (SSSR count). The third-order valence-corrected chi connectivity index (χ3v) is 2.04. The molecule has 0 radical (unpaired) electrons. The second kappa shape index (κ2) is 4.93. The van der Waals surface area contributed by atoms with Gasteiger partial charge in [0.1, 0.15) is 5.75 Å². The van der Waals surface area contributed by atoms with E-state index in [0.29, 0.717) is 5.88 Å². The highest BCUT2D eigenvalue weighted by atomic mass is 35.5. The maximum Gasteiger partial charge on any atom is 0.119 e. The van der Waals surface area contributed by atoms with Crippen LogP contribution in [0.15, 0.2) is 24.3 Å². The lowest BCUT2D eigenvalue weighted by Gasteiger charge is -2.03. The van der Waals surface area contributed by atoms with Crippen LogP contribution < -0.4 is 4.74 Å². The van der Waals surface area contributed by atoms with Crippen LogP contribution in [0.3, 0.4) is 0 Å². The minimum atomic E-state index is 0.547. The minimum Gasteiger partial charge on any atom is -0.497 e. The van der Waals surface area contributed by atoms with Crippen molar-refractivity contribution in [2.45, 2.75) is 6.92 Å². The van der Waals surface area contributed by atoms with Crippen molar-refractivity contribution in [2.24, 2.45) is 0 Å². The van der Waals surface area contributed by atoms with Crippen molar-refractivity contribution >= 4 is 17.7 Å². The van der Waals surface area contributed by atoms with E-state index in [1.54, 1.807) is 7.11 Å². The van der Waals surface area contributed by atoms with Crippen LogP contribution in [0.25, 0.3) is 6.08 Å². The maximum atomic E-state index is 5.55. The standard InChI is InChI=1S/C11H13ClO/c1-9-8-11(13-2)6-5-10(9)4-3-7-12/h3-6,8H,7H2,1-2H3. The van der Waals surface area contributed by atoms with Gasteiger partial charge in [-0.25, -0.2) is 0 Å². The molecule has 0 unspecified atom stereocenters. The van der Waals surface area contributed by atoms with Crippen molar-refractivity contribution in [3.63, 3.8) is 0 Å². The summed E-state index contributed by atoms with van der Waals surface area (Å²) in [6.45, 7) is 2.05. The van der Waals surface area contributed by atoms with Crippen LogP contribution in [0.5, 0.6) is 5.75 Å². The first kappa shape index (κ1) is 10.1. The lowest BCUT2D eigenvalue weighted by molar-refractivity contribution is 0.414.